The number of likely N-dealkylation sites (tertiary alicyclic amines) is 1. The lowest BCUT2D eigenvalue weighted by molar-refractivity contribution is -0.193. The third-order valence-electron chi connectivity index (χ3n) is 5.30. The Bertz CT molecular complexity index is 842. The van der Waals surface area contributed by atoms with Gasteiger partial charge in [-0.05, 0) is 32.0 Å². The number of carboxylic acids is 2. The lowest BCUT2D eigenvalue weighted by atomic mass is 9.93. The van der Waals surface area contributed by atoms with Crippen LogP contribution in [0, 0.1) is 5.92 Å². The third kappa shape index (κ3) is 12.1. The van der Waals surface area contributed by atoms with E-state index >= 15 is 0 Å². The molecule has 2 saturated heterocycles. The maximum Gasteiger partial charge on any atom is 0.490 e. The summed E-state index contributed by atoms with van der Waals surface area (Å²) in [7, 11) is 4.23. The molecule has 3 heterocycles. The molecule has 0 radical (unpaired) electrons. The van der Waals surface area contributed by atoms with Crippen LogP contribution in [0.25, 0.3) is 0 Å². The van der Waals surface area contributed by atoms with E-state index in [1.54, 1.807) is 0 Å². The number of likely N-dealkylation sites (N-methyl/N-ethyl adjacent to an activating group) is 1. The highest BCUT2D eigenvalue weighted by Crippen LogP contribution is 2.26. The van der Waals surface area contributed by atoms with Crippen LogP contribution in [0.5, 0.6) is 0 Å². The molecular formula is C21H29F6N3O6S. The minimum absolute atomic E-state index is 0.163. The zero-order valence-corrected chi connectivity index (χ0v) is 20.9. The average molecular weight is 566 g/mol. The van der Waals surface area contributed by atoms with E-state index in [4.69, 9.17) is 24.5 Å². The summed E-state index contributed by atoms with van der Waals surface area (Å²) in [6.07, 6.45) is -8.93. The van der Waals surface area contributed by atoms with Crippen molar-refractivity contribution in [2.24, 2.45) is 5.92 Å². The lowest BCUT2D eigenvalue weighted by Crippen LogP contribution is -2.49. The summed E-state index contributed by atoms with van der Waals surface area (Å²) in [6.45, 7) is 6.64. The van der Waals surface area contributed by atoms with Crippen LogP contribution >= 0.6 is 11.3 Å². The second-order valence-corrected chi connectivity index (χ2v) is 9.34. The van der Waals surface area contributed by atoms with Gasteiger partial charge in [0.15, 0.2) is 0 Å². The van der Waals surface area contributed by atoms with E-state index in [0.29, 0.717) is 5.92 Å². The molecule has 0 aliphatic carbocycles. The van der Waals surface area contributed by atoms with Crippen molar-refractivity contribution in [3.05, 3.63) is 22.4 Å². The number of ether oxygens (including phenoxy) is 1. The summed E-state index contributed by atoms with van der Waals surface area (Å²) in [4.78, 5) is 37.9. The predicted molar refractivity (Wildman–Crippen MR) is 120 cm³/mol. The first kappa shape index (κ1) is 32.6. The van der Waals surface area contributed by atoms with Gasteiger partial charge >= 0.3 is 24.3 Å². The number of fused-ring (bicyclic) bond motifs is 1. The van der Waals surface area contributed by atoms with Gasteiger partial charge in [-0.3, -0.25) is 9.69 Å². The average Bonchev–Trinajstić information content (AvgIpc) is 3.24. The number of amides is 1. The summed E-state index contributed by atoms with van der Waals surface area (Å²) >= 11 is 1.52. The molecule has 9 nitrogen and oxygen atoms in total. The molecule has 2 atom stereocenters. The molecule has 1 aromatic heterocycles. The molecule has 0 saturated carbocycles. The van der Waals surface area contributed by atoms with Crippen molar-refractivity contribution in [2.75, 3.05) is 60.0 Å². The van der Waals surface area contributed by atoms with E-state index in [-0.39, 0.29) is 12.0 Å². The molecule has 1 amide bonds. The maximum absolute atomic E-state index is 12.5. The van der Waals surface area contributed by atoms with Crippen LogP contribution in [-0.2, 0) is 14.3 Å². The number of thiophene rings is 1. The van der Waals surface area contributed by atoms with E-state index in [9.17, 15) is 31.1 Å². The highest BCUT2D eigenvalue weighted by atomic mass is 32.1. The fourth-order valence-electron chi connectivity index (χ4n) is 3.40. The van der Waals surface area contributed by atoms with Gasteiger partial charge in [-0.2, -0.15) is 26.3 Å². The van der Waals surface area contributed by atoms with Crippen LogP contribution in [0.4, 0.5) is 26.3 Å². The van der Waals surface area contributed by atoms with E-state index in [2.05, 4.69) is 23.9 Å². The third-order valence-corrected chi connectivity index (χ3v) is 6.15. The molecule has 1 aromatic rings. The number of aliphatic carboxylic acids is 2. The fraction of sp³-hybridized carbons (Fsp3) is 0.667. The number of carbonyl (C=O) groups excluding carboxylic acids is 1. The molecule has 3 rings (SSSR count). The zero-order valence-electron chi connectivity index (χ0n) is 20.1. The van der Waals surface area contributed by atoms with Gasteiger partial charge in [-0.25, -0.2) is 9.59 Å². The topological polar surface area (TPSA) is 111 Å². The molecule has 0 spiro atoms. The molecule has 2 aliphatic heterocycles. The van der Waals surface area contributed by atoms with E-state index in [1.807, 2.05) is 22.4 Å². The largest absolute Gasteiger partial charge is 0.490 e. The molecule has 212 valence electrons. The van der Waals surface area contributed by atoms with Crippen molar-refractivity contribution in [3.8, 4) is 0 Å². The minimum Gasteiger partial charge on any atom is -0.475 e. The number of alkyl halides is 6. The second-order valence-electron chi connectivity index (χ2n) is 8.40. The van der Waals surface area contributed by atoms with Crippen molar-refractivity contribution in [1.29, 1.82) is 0 Å². The highest BCUT2D eigenvalue weighted by Gasteiger charge is 2.39. The molecule has 0 aromatic carbocycles. The smallest absolute Gasteiger partial charge is 0.475 e. The minimum atomic E-state index is -5.08. The Kier molecular flexibility index (Phi) is 12.8. The Morgan fingerprint density at radius 1 is 1.05 bits per heavy atom. The molecule has 0 bridgehead atoms. The van der Waals surface area contributed by atoms with Crippen LogP contribution in [0.15, 0.2) is 17.5 Å². The predicted octanol–water partition coefficient (Wildman–Crippen LogP) is 2.74. The van der Waals surface area contributed by atoms with Gasteiger partial charge in [0.2, 0.25) is 0 Å². The van der Waals surface area contributed by atoms with Gasteiger partial charge in [-0.1, -0.05) is 6.07 Å². The standard InChI is InChI=1S/C17H27N3O2S.2C2HF3O2/c1-18(2)7-8-19-9-10-22-15-13-20(6-5-14(15)12-19)17(21)16-4-3-11-23-16;2*3-2(4,5)1(6)7/h3-4,11,14-15H,5-10,12-13H2,1-2H3;2*(H,6,7)/t14-,15-;;/m1../s1. The number of rotatable bonds is 4. The maximum atomic E-state index is 12.5. The Hall–Kier alpha value is -2.43. The summed E-state index contributed by atoms with van der Waals surface area (Å²) in [6, 6.07) is 3.85. The van der Waals surface area contributed by atoms with Crippen molar-refractivity contribution < 1.29 is 55.7 Å². The van der Waals surface area contributed by atoms with Crippen molar-refractivity contribution in [1.82, 2.24) is 14.7 Å². The number of nitrogens with zero attached hydrogens (tertiary/aromatic N) is 3. The number of carboxylic acid groups (broad SMARTS) is 2. The first-order chi connectivity index (χ1) is 17.0. The number of hydrogen-bond donors (Lipinski definition) is 2. The SMILES string of the molecule is CN(C)CCN1CCO[C@@H]2CN(C(=O)c3cccs3)CC[C@@H]2C1.O=C(O)C(F)(F)F.O=C(O)C(F)(F)F. The first-order valence-corrected chi connectivity index (χ1v) is 11.8. The number of hydrogen-bond acceptors (Lipinski definition) is 7. The molecule has 0 unspecified atom stereocenters. The highest BCUT2D eigenvalue weighted by molar-refractivity contribution is 7.12. The van der Waals surface area contributed by atoms with Gasteiger partial charge in [0.25, 0.3) is 5.91 Å². The summed E-state index contributed by atoms with van der Waals surface area (Å²) < 4.78 is 69.6. The normalized spacial score (nSPS) is 20.5. The fourth-order valence-corrected chi connectivity index (χ4v) is 4.09. The molecule has 2 fully saturated rings. The Balaban J connectivity index is 0.000000404. The van der Waals surface area contributed by atoms with Gasteiger partial charge in [-0.15, -0.1) is 11.3 Å². The zero-order chi connectivity index (χ0) is 28.4. The molecule has 2 aliphatic rings. The van der Waals surface area contributed by atoms with Crippen LogP contribution in [0.1, 0.15) is 16.1 Å². The lowest BCUT2D eigenvalue weighted by Gasteiger charge is -2.38. The summed E-state index contributed by atoms with van der Waals surface area (Å²) in [5.74, 6) is -4.80. The van der Waals surface area contributed by atoms with Crippen molar-refractivity contribution >= 4 is 29.2 Å². The van der Waals surface area contributed by atoms with E-state index < -0.39 is 24.3 Å². The Labute approximate surface area is 213 Å². The molecule has 37 heavy (non-hydrogen) atoms. The molecular weight excluding hydrogens is 536 g/mol. The Morgan fingerprint density at radius 3 is 2.08 bits per heavy atom. The number of piperidine rings is 1. The quantitative estimate of drug-likeness (QED) is 0.537. The van der Waals surface area contributed by atoms with Gasteiger partial charge in [0, 0.05) is 45.2 Å². The number of carbonyl (C=O) groups is 3. The second kappa shape index (κ2) is 14.5. The van der Waals surface area contributed by atoms with Gasteiger partial charge < -0.3 is 24.7 Å². The molecule has 16 heteroatoms. The van der Waals surface area contributed by atoms with E-state index in [1.165, 1.54) is 11.3 Å². The van der Waals surface area contributed by atoms with Crippen molar-refractivity contribution in [2.45, 2.75) is 24.9 Å². The van der Waals surface area contributed by atoms with Crippen LogP contribution in [0.2, 0.25) is 0 Å². The van der Waals surface area contributed by atoms with Gasteiger partial charge in [0.1, 0.15) is 0 Å². The van der Waals surface area contributed by atoms with Crippen molar-refractivity contribution in [3.63, 3.8) is 0 Å². The monoisotopic (exact) mass is 565 g/mol. The molecule has 2 N–H and O–H groups in total. The van der Waals surface area contributed by atoms with Crippen LogP contribution in [0.3, 0.4) is 0 Å². The van der Waals surface area contributed by atoms with Crippen LogP contribution in [-0.4, -0.2) is 121 Å². The van der Waals surface area contributed by atoms with E-state index in [0.717, 1.165) is 57.2 Å². The Morgan fingerprint density at radius 2 is 1.62 bits per heavy atom. The number of halogens is 6. The first-order valence-electron chi connectivity index (χ1n) is 10.9. The summed E-state index contributed by atoms with van der Waals surface area (Å²) in [5.41, 5.74) is 0. The van der Waals surface area contributed by atoms with Crippen LogP contribution < -0.4 is 0 Å². The van der Waals surface area contributed by atoms with Gasteiger partial charge in [0.05, 0.1) is 17.6 Å². The summed E-state index contributed by atoms with van der Waals surface area (Å²) in [5, 5.41) is 16.2.